The van der Waals surface area contributed by atoms with E-state index >= 15 is 0 Å². The number of hydrogen-bond acceptors (Lipinski definition) is 3. The molecule has 4 rings (SSSR count). The van der Waals surface area contributed by atoms with Gasteiger partial charge in [-0.1, -0.05) is 36.2 Å². The number of piperidine rings is 1. The maximum absolute atomic E-state index is 12.9. The number of hydrogen-bond donors (Lipinski definition) is 1. The highest BCUT2D eigenvalue weighted by Crippen LogP contribution is 2.40. The van der Waals surface area contributed by atoms with Crippen molar-refractivity contribution >= 4 is 40.9 Å². The van der Waals surface area contributed by atoms with E-state index in [9.17, 15) is 9.59 Å². The minimum atomic E-state index is -0.231. The minimum Gasteiger partial charge on any atom is -0.336 e. The Morgan fingerprint density at radius 2 is 2.04 bits per heavy atom. The molecule has 2 aliphatic heterocycles. The number of fused-ring (bicyclic) bond motifs is 2. The van der Waals surface area contributed by atoms with Crippen molar-refractivity contribution in [1.82, 2.24) is 4.90 Å². The van der Waals surface area contributed by atoms with Gasteiger partial charge in [0.25, 0.3) is 5.91 Å². The molecule has 1 N–H and O–H groups in total. The Labute approximate surface area is 157 Å². The first-order chi connectivity index (χ1) is 12.1. The Morgan fingerprint density at radius 1 is 1.24 bits per heavy atom. The van der Waals surface area contributed by atoms with Crippen molar-refractivity contribution in [2.75, 3.05) is 11.9 Å². The van der Waals surface area contributed by atoms with Gasteiger partial charge >= 0.3 is 0 Å². The number of thioether (sulfide) groups is 1. The Morgan fingerprint density at radius 3 is 2.92 bits per heavy atom. The largest absolute Gasteiger partial charge is 0.336 e. The van der Waals surface area contributed by atoms with E-state index in [1.807, 2.05) is 11.0 Å². The second-order valence-electron chi connectivity index (χ2n) is 6.99. The van der Waals surface area contributed by atoms with Gasteiger partial charge in [0.1, 0.15) is 0 Å². The molecule has 1 saturated carbocycles. The monoisotopic (exact) mass is 376 g/mol. The van der Waals surface area contributed by atoms with Crippen LogP contribution in [0.25, 0.3) is 0 Å². The third-order valence-corrected chi connectivity index (χ3v) is 6.75. The van der Waals surface area contributed by atoms with E-state index in [1.54, 1.807) is 12.1 Å². The number of benzene rings is 1. The van der Waals surface area contributed by atoms with Gasteiger partial charge in [-0.25, -0.2) is 0 Å². The minimum absolute atomic E-state index is 0.0216. The molecule has 2 atom stereocenters. The summed E-state index contributed by atoms with van der Waals surface area (Å²) in [5.74, 6) is 0.387. The Balaban J connectivity index is 1.54. The highest BCUT2D eigenvalue weighted by Gasteiger charge is 2.35. The number of carbonyl (C=O) groups excluding carboxylic acids is 2. The van der Waals surface area contributed by atoms with Crippen LogP contribution in [0.5, 0.6) is 0 Å². The predicted octanol–water partition coefficient (Wildman–Crippen LogP) is 4.45. The van der Waals surface area contributed by atoms with E-state index in [4.69, 9.17) is 11.6 Å². The summed E-state index contributed by atoms with van der Waals surface area (Å²) in [5.41, 5.74) is 0.706. The van der Waals surface area contributed by atoms with Crippen LogP contribution in [-0.2, 0) is 9.59 Å². The first-order valence-electron chi connectivity index (χ1n) is 8.93. The Hall–Kier alpha value is -1.46. The molecule has 2 amide bonds. The van der Waals surface area contributed by atoms with Gasteiger partial charge in [0.05, 0.1) is 10.6 Å². The van der Waals surface area contributed by atoms with Crippen LogP contribution >= 0.6 is 23.4 Å². The summed E-state index contributed by atoms with van der Waals surface area (Å²) < 4.78 is 0. The summed E-state index contributed by atoms with van der Waals surface area (Å²) in [6.07, 6.45) is 8.63. The van der Waals surface area contributed by atoms with Crippen molar-refractivity contribution in [2.24, 2.45) is 5.92 Å². The lowest BCUT2D eigenvalue weighted by atomic mass is 9.78. The van der Waals surface area contributed by atoms with Crippen LogP contribution in [0.1, 0.15) is 38.5 Å². The normalized spacial score (nSPS) is 27.5. The molecular weight excluding hydrogens is 356 g/mol. The van der Waals surface area contributed by atoms with Crippen LogP contribution < -0.4 is 5.32 Å². The van der Waals surface area contributed by atoms with E-state index in [0.29, 0.717) is 27.6 Å². The van der Waals surface area contributed by atoms with Crippen LogP contribution in [0.2, 0.25) is 5.02 Å². The fourth-order valence-electron chi connectivity index (χ4n) is 4.23. The van der Waals surface area contributed by atoms with Gasteiger partial charge in [-0.2, -0.15) is 0 Å². The zero-order valence-electron chi connectivity index (χ0n) is 14.0. The van der Waals surface area contributed by atoms with Gasteiger partial charge < -0.3 is 10.2 Å². The van der Waals surface area contributed by atoms with Crippen molar-refractivity contribution < 1.29 is 9.59 Å². The van der Waals surface area contributed by atoms with E-state index in [2.05, 4.69) is 5.32 Å². The maximum atomic E-state index is 12.9. The van der Waals surface area contributed by atoms with Crippen molar-refractivity contribution in [1.29, 1.82) is 0 Å². The van der Waals surface area contributed by atoms with Crippen molar-refractivity contribution in [2.45, 2.75) is 49.5 Å². The quantitative estimate of drug-likeness (QED) is 0.736. The highest BCUT2D eigenvalue weighted by molar-refractivity contribution is 8.04. The van der Waals surface area contributed by atoms with Crippen LogP contribution in [-0.4, -0.2) is 29.3 Å². The van der Waals surface area contributed by atoms with Crippen molar-refractivity contribution in [3.05, 3.63) is 34.2 Å². The Kier molecular flexibility index (Phi) is 4.78. The second kappa shape index (κ2) is 7.04. The lowest BCUT2D eigenvalue weighted by Crippen LogP contribution is -2.49. The number of nitrogens with one attached hydrogen (secondary N) is 1. The standard InChI is InChI=1S/C19H21ClN2O2S/c20-13-7-8-16-14(10-13)21-19(24)17(25-16)11-18(23)22-9-3-5-12-4-1-2-6-15(12)22/h7-8,10-12,15H,1-6,9H2,(H,21,24)/b17-11-/t12-,15+/m0/s1. The lowest BCUT2D eigenvalue weighted by Gasteiger charge is -2.43. The molecule has 25 heavy (non-hydrogen) atoms. The third-order valence-electron chi connectivity index (χ3n) is 5.41. The molecule has 1 aromatic rings. The van der Waals surface area contributed by atoms with Gasteiger partial charge in [-0.05, 0) is 49.8 Å². The summed E-state index contributed by atoms with van der Waals surface area (Å²) in [7, 11) is 0. The number of likely N-dealkylation sites (tertiary alicyclic amines) is 1. The van der Waals surface area contributed by atoms with Gasteiger partial charge in [-0.15, -0.1) is 0 Å². The Bertz CT molecular complexity index is 747. The second-order valence-corrected chi connectivity index (χ2v) is 8.51. The average Bonchev–Trinajstić information content (AvgIpc) is 2.62. The van der Waals surface area contributed by atoms with E-state index in [0.717, 1.165) is 24.3 Å². The average molecular weight is 377 g/mol. The maximum Gasteiger partial charge on any atom is 0.262 e. The van der Waals surface area contributed by atoms with Crippen molar-refractivity contribution in [3.63, 3.8) is 0 Å². The first kappa shape index (κ1) is 17.0. The molecule has 2 fully saturated rings. The molecule has 3 aliphatic rings. The zero-order valence-corrected chi connectivity index (χ0v) is 15.5. The third kappa shape index (κ3) is 3.44. The number of halogens is 1. The first-order valence-corrected chi connectivity index (χ1v) is 10.1. The predicted molar refractivity (Wildman–Crippen MR) is 101 cm³/mol. The summed E-state index contributed by atoms with van der Waals surface area (Å²) in [4.78, 5) is 28.6. The lowest BCUT2D eigenvalue weighted by molar-refractivity contribution is -0.132. The summed E-state index contributed by atoms with van der Waals surface area (Å²) in [5, 5.41) is 3.42. The van der Waals surface area contributed by atoms with Crippen molar-refractivity contribution in [3.8, 4) is 0 Å². The topological polar surface area (TPSA) is 49.4 Å². The summed E-state index contributed by atoms with van der Waals surface area (Å²) in [6, 6.07) is 5.76. The fourth-order valence-corrected chi connectivity index (χ4v) is 5.29. The molecule has 2 heterocycles. The fraction of sp³-hybridized carbons (Fsp3) is 0.474. The molecule has 0 spiro atoms. The molecular formula is C19H21ClN2O2S. The molecule has 4 nitrogen and oxygen atoms in total. The summed E-state index contributed by atoms with van der Waals surface area (Å²) >= 11 is 7.31. The smallest absolute Gasteiger partial charge is 0.262 e. The molecule has 0 radical (unpaired) electrons. The molecule has 0 unspecified atom stereocenters. The SMILES string of the molecule is O=C1Nc2cc(Cl)ccc2S/C1=C\C(=O)N1CCC[C@@H]2CCCC[C@H]21. The van der Waals surface area contributed by atoms with Crippen LogP contribution in [0.4, 0.5) is 5.69 Å². The highest BCUT2D eigenvalue weighted by atomic mass is 35.5. The van der Waals surface area contributed by atoms with Gasteiger partial charge in [0.15, 0.2) is 0 Å². The number of carbonyl (C=O) groups is 2. The van der Waals surface area contributed by atoms with E-state index < -0.39 is 0 Å². The zero-order chi connectivity index (χ0) is 17.4. The number of amides is 2. The van der Waals surface area contributed by atoms with Gasteiger partial charge in [0, 0.05) is 28.6 Å². The van der Waals surface area contributed by atoms with E-state index in [-0.39, 0.29) is 11.8 Å². The molecule has 1 saturated heterocycles. The van der Waals surface area contributed by atoms with E-state index in [1.165, 1.54) is 43.5 Å². The molecule has 132 valence electrons. The van der Waals surface area contributed by atoms with Crippen LogP contribution in [0, 0.1) is 5.92 Å². The molecule has 6 heteroatoms. The molecule has 1 aromatic carbocycles. The van der Waals surface area contributed by atoms with Crippen LogP contribution in [0.3, 0.4) is 0 Å². The van der Waals surface area contributed by atoms with Gasteiger partial charge in [-0.3, -0.25) is 9.59 Å². The number of anilines is 1. The molecule has 0 aromatic heterocycles. The van der Waals surface area contributed by atoms with Gasteiger partial charge in [0.2, 0.25) is 5.91 Å². The number of rotatable bonds is 1. The molecule has 1 aliphatic carbocycles. The van der Waals surface area contributed by atoms with Crippen LogP contribution in [0.15, 0.2) is 34.1 Å². The molecule has 0 bridgehead atoms. The number of nitrogens with zero attached hydrogens (tertiary/aromatic N) is 1. The summed E-state index contributed by atoms with van der Waals surface area (Å²) in [6.45, 7) is 0.808.